The Labute approximate surface area is 346 Å². The number of likely N-dealkylation sites (N-methyl/N-ethyl adjacent to an activating group) is 1. The van der Waals surface area contributed by atoms with Crippen LogP contribution in [0.15, 0.2) is 91.0 Å². The Bertz CT molecular complexity index is 2310. The van der Waals surface area contributed by atoms with Gasteiger partial charge in [-0.2, -0.15) is 19.4 Å². The summed E-state index contributed by atoms with van der Waals surface area (Å²) in [5.74, 6) is -0.475. The first-order valence-corrected chi connectivity index (χ1v) is 22.6. The zero-order valence-corrected chi connectivity index (χ0v) is 34.9. The Morgan fingerprint density at radius 1 is 0.983 bits per heavy atom. The Morgan fingerprint density at radius 2 is 1.63 bits per heavy atom. The minimum atomic E-state index is -5.27. The highest BCUT2D eigenvalue weighted by molar-refractivity contribution is 7.63. The molecule has 5 N–H and O–H groups in total. The van der Waals surface area contributed by atoms with Gasteiger partial charge in [0.2, 0.25) is 5.28 Å². The van der Waals surface area contributed by atoms with Crippen LogP contribution in [-0.4, -0.2) is 91.0 Å². The molecule has 1 aliphatic heterocycles. The molecule has 314 valence electrons. The number of anilines is 1. The van der Waals surface area contributed by atoms with Crippen molar-refractivity contribution in [3.8, 4) is 5.75 Å². The standard InChI is InChI=1S/C39H46ClN7O10P2/c1-3-46(4-2)21-20-30-42-32-36(41)43-39(40)44-37(32)47(30)33-31-34(48)29(55-35(31)33)24-54-59(51,52)57-58(50,56-27-18-12-7-13-19-27)45-28(22-25-14-8-5-9-15-25)38(49)53-23-26-16-10-6-11-17-26/h5-19,28-29,31,33-35,48H,3-4,20-24H2,1-2H3,(H,45,50)(H,51,52)(H2,41,43,44)/t28-,29+,31?,33-,34-,35?,58?/m0/s1. The normalized spacial score (nSPS) is 22.4. The summed E-state index contributed by atoms with van der Waals surface area (Å²) >= 11 is 6.20. The lowest BCUT2D eigenvalue weighted by atomic mass is 10.1. The maximum absolute atomic E-state index is 14.5. The molecule has 0 bridgehead atoms. The number of nitrogens with one attached hydrogen (secondary N) is 1. The predicted molar refractivity (Wildman–Crippen MR) is 218 cm³/mol. The second-order valence-electron chi connectivity index (χ2n) is 14.1. The molecular weight excluding hydrogens is 824 g/mol. The molecule has 0 amide bonds. The van der Waals surface area contributed by atoms with Crippen LogP contribution in [0.1, 0.15) is 36.8 Å². The molecule has 1 aliphatic carbocycles. The number of esters is 1. The molecule has 59 heavy (non-hydrogen) atoms. The Morgan fingerprint density at radius 3 is 2.25 bits per heavy atom. The molecule has 7 rings (SSSR count). The highest BCUT2D eigenvalue weighted by atomic mass is 35.5. The first-order chi connectivity index (χ1) is 28.4. The first-order valence-electron chi connectivity index (χ1n) is 19.2. The van der Waals surface area contributed by atoms with E-state index in [1.807, 2.05) is 10.6 Å². The summed E-state index contributed by atoms with van der Waals surface area (Å²) in [6.45, 7) is 5.84. The van der Waals surface area contributed by atoms with Crippen molar-refractivity contribution < 1.29 is 46.8 Å². The van der Waals surface area contributed by atoms with Crippen LogP contribution in [0.3, 0.4) is 0 Å². The molecule has 4 unspecified atom stereocenters. The summed E-state index contributed by atoms with van der Waals surface area (Å²) in [5.41, 5.74) is 8.34. The number of aromatic nitrogens is 4. The number of nitrogen functional groups attached to an aromatic ring is 1. The van der Waals surface area contributed by atoms with Gasteiger partial charge in [-0.15, -0.1) is 0 Å². The summed E-state index contributed by atoms with van der Waals surface area (Å²) in [6, 6.07) is 23.8. The molecule has 20 heteroatoms. The quantitative estimate of drug-likeness (QED) is 0.0430. The number of aliphatic hydroxyl groups is 1. The fourth-order valence-electron chi connectivity index (χ4n) is 7.21. The van der Waals surface area contributed by atoms with Gasteiger partial charge in [0.05, 0.1) is 24.9 Å². The van der Waals surface area contributed by atoms with Crippen LogP contribution in [0.5, 0.6) is 5.75 Å². The van der Waals surface area contributed by atoms with Crippen molar-refractivity contribution in [1.82, 2.24) is 29.5 Å². The molecule has 0 radical (unpaired) electrons. The number of phosphoric ester groups is 1. The zero-order chi connectivity index (χ0) is 41.7. The molecule has 1 saturated heterocycles. The van der Waals surface area contributed by atoms with E-state index in [0.29, 0.717) is 41.1 Å². The second-order valence-corrected chi connectivity index (χ2v) is 17.8. The van der Waals surface area contributed by atoms with Crippen molar-refractivity contribution in [1.29, 1.82) is 0 Å². The predicted octanol–water partition coefficient (Wildman–Crippen LogP) is 5.51. The third-order valence-corrected chi connectivity index (χ3v) is 13.6. The lowest BCUT2D eigenvalue weighted by Gasteiger charge is -2.26. The molecule has 5 aromatic rings. The largest absolute Gasteiger partial charge is 0.481 e. The molecule has 8 atom stereocenters. The van der Waals surface area contributed by atoms with Gasteiger partial charge in [0.1, 0.15) is 30.3 Å². The molecule has 1 saturated carbocycles. The molecule has 2 aliphatic rings. The SMILES string of the molecule is CCN(CC)CCc1nc2c(N)nc(Cl)nc2n1[C@@H]1C2O[C@H](COP(=O)(O)OP(=O)(N[C@@H](Cc3ccccc3)C(=O)OCc3ccccc3)Oc3ccccc3)[C@H](O)C21. The molecule has 3 aromatic carbocycles. The van der Waals surface area contributed by atoms with Gasteiger partial charge in [0.15, 0.2) is 17.0 Å². The average Bonchev–Trinajstić information content (AvgIpc) is 3.64. The number of rotatable bonds is 20. The Kier molecular flexibility index (Phi) is 13.5. The number of carbonyl (C=O) groups is 1. The number of ether oxygens (including phenoxy) is 2. The highest BCUT2D eigenvalue weighted by Crippen LogP contribution is 2.62. The summed E-state index contributed by atoms with van der Waals surface area (Å²) in [4.78, 5) is 40.0. The van der Waals surface area contributed by atoms with Gasteiger partial charge < -0.3 is 39.2 Å². The first kappa shape index (κ1) is 42.9. The molecule has 3 heterocycles. The van der Waals surface area contributed by atoms with Crippen molar-refractivity contribution in [3.05, 3.63) is 113 Å². The highest BCUT2D eigenvalue weighted by Gasteiger charge is 2.65. The minimum Gasteiger partial charge on any atom is -0.460 e. The fraction of sp³-hybridized carbons (Fsp3) is 0.385. The van der Waals surface area contributed by atoms with Gasteiger partial charge in [-0.25, -0.2) is 14.1 Å². The van der Waals surface area contributed by atoms with Crippen molar-refractivity contribution in [2.75, 3.05) is 32.0 Å². The van der Waals surface area contributed by atoms with E-state index in [4.69, 9.17) is 45.2 Å². The third-order valence-electron chi connectivity index (χ3n) is 10.2. The van der Waals surface area contributed by atoms with Crippen molar-refractivity contribution in [3.63, 3.8) is 0 Å². The second kappa shape index (κ2) is 18.6. The molecular formula is C39H46ClN7O10P2. The van der Waals surface area contributed by atoms with Crippen molar-refractivity contribution >= 4 is 50.1 Å². The van der Waals surface area contributed by atoms with E-state index >= 15 is 0 Å². The van der Waals surface area contributed by atoms with Crippen LogP contribution >= 0.6 is 27.2 Å². The Hall–Kier alpha value is -4.25. The van der Waals surface area contributed by atoms with E-state index in [0.717, 1.165) is 13.1 Å². The number of phosphoric acid groups is 1. The molecule has 17 nitrogen and oxygen atoms in total. The number of hydrogen-bond acceptors (Lipinski definition) is 14. The number of hydrogen-bond donors (Lipinski definition) is 4. The fourth-order valence-corrected chi connectivity index (χ4v) is 10.3. The van der Waals surface area contributed by atoms with Crippen LogP contribution in [0.4, 0.5) is 5.82 Å². The van der Waals surface area contributed by atoms with E-state index in [1.54, 1.807) is 72.8 Å². The van der Waals surface area contributed by atoms with Gasteiger partial charge in [0, 0.05) is 18.9 Å². The molecule has 2 fully saturated rings. The zero-order valence-electron chi connectivity index (χ0n) is 32.3. The summed E-state index contributed by atoms with van der Waals surface area (Å²) in [6.07, 6.45) is -2.26. The van der Waals surface area contributed by atoms with E-state index in [-0.39, 0.29) is 29.9 Å². The summed E-state index contributed by atoms with van der Waals surface area (Å²) < 4.78 is 58.0. The van der Waals surface area contributed by atoms with Gasteiger partial charge in [0.25, 0.3) is 0 Å². The number of fused-ring (bicyclic) bond motifs is 2. The maximum atomic E-state index is 14.5. The summed E-state index contributed by atoms with van der Waals surface area (Å²) in [7, 11) is -10.2. The smallest absolute Gasteiger partial charge is 0.460 e. The number of imidazole rings is 1. The van der Waals surface area contributed by atoms with E-state index < -0.39 is 64.5 Å². The van der Waals surface area contributed by atoms with Crippen LogP contribution < -0.4 is 15.3 Å². The van der Waals surface area contributed by atoms with Crippen LogP contribution in [0.2, 0.25) is 5.28 Å². The lowest BCUT2D eigenvalue weighted by molar-refractivity contribution is -0.147. The van der Waals surface area contributed by atoms with E-state index in [1.165, 1.54) is 12.1 Å². The van der Waals surface area contributed by atoms with Gasteiger partial charge in [-0.3, -0.25) is 9.32 Å². The van der Waals surface area contributed by atoms with Crippen LogP contribution in [0, 0.1) is 5.92 Å². The number of nitrogens with two attached hydrogens (primary N) is 1. The number of nitrogens with zero attached hydrogens (tertiary/aromatic N) is 5. The number of aliphatic hydroxyl groups excluding tert-OH is 1. The molecule has 2 aromatic heterocycles. The van der Waals surface area contributed by atoms with Gasteiger partial charge in [-0.1, -0.05) is 92.7 Å². The number of carbonyl (C=O) groups excluding carboxylic acids is 1. The lowest BCUT2D eigenvalue weighted by Crippen LogP contribution is -2.39. The van der Waals surface area contributed by atoms with Gasteiger partial charge >= 0.3 is 21.5 Å². The van der Waals surface area contributed by atoms with Crippen molar-refractivity contribution in [2.24, 2.45) is 5.92 Å². The van der Waals surface area contributed by atoms with Crippen molar-refractivity contribution in [2.45, 2.75) is 63.7 Å². The monoisotopic (exact) mass is 869 g/mol. The Balaban J connectivity index is 1.06. The number of para-hydroxylation sites is 1. The summed E-state index contributed by atoms with van der Waals surface area (Å²) in [5, 5.41) is 13.9. The third kappa shape index (κ3) is 10.4. The minimum absolute atomic E-state index is 0.0110. The average molecular weight is 870 g/mol. The van der Waals surface area contributed by atoms with Gasteiger partial charge in [-0.05, 0) is 54.4 Å². The number of benzene rings is 3. The topological polar surface area (TPSA) is 223 Å². The van der Waals surface area contributed by atoms with Crippen LogP contribution in [0.25, 0.3) is 11.2 Å². The maximum Gasteiger partial charge on any atom is 0.481 e. The molecule has 0 spiro atoms. The van der Waals surface area contributed by atoms with E-state index in [2.05, 4.69) is 33.8 Å². The number of halogens is 1. The van der Waals surface area contributed by atoms with Crippen LogP contribution in [-0.2, 0) is 51.7 Å². The van der Waals surface area contributed by atoms with E-state index in [9.17, 15) is 23.9 Å².